The predicted molar refractivity (Wildman–Crippen MR) is 106 cm³/mol. The number of carbonyl (C=O) groups is 2. The Kier molecular flexibility index (Phi) is 7.14. The van der Waals surface area contributed by atoms with Crippen molar-refractivity contribution in [3.05, 3.63) is 71.5 Å². The van der Waals surface area contributed by atoms with E-state index in [1.165, 1.54) is 17.7 Å². The van der Waals surface area contributed by atoms with Gasteiger partial charge in [-0.2, -0.15) is 0 Å². The lowest BCUT2D eigenvalue weighted by Crippen LogP contribution is -2.42. The SMILES string of the molecule is O=C(NCCc1ccccc1)[C@H]1CNC[C@@H]1C(=O)NCCc1ccc(F)cc1. The summed E-state index contributed by atoms with van der Waals surface area (Å²) in [7, 11) is 0. The van der Waals surface area contributed by atoms with Gasteiger partial charge in [0.05, 0.1) is 11.8 Å². The highest BCUT2D eigenvalue weighted by Crippen LogP contribution is 2.17. The van der Waals surface area contributed by atoms with Gasteiger partial charge in [0.15, 0.2) is 0 Å². The molecule has 3 rings (SSSR count). The third kappa shape index (κ3) is 5.63. The molecule has 6 heteroatoms. The Morgan fingerprint density at radius 3 is 1.86 bits per heavy atom. The fourth-order valence-corrected chi connectivity index (χ4v) is 3.45. The van der Waals surface area contributed by atoms with Crippen LogP contribution < -0.4 is 16.0 Å². The minimum atomic E-state index is -0.370. The number of rotatable bonds is 8. The van der Waals surface area contributed by atoms with Crippen molar-refractivity contribution in [2.24, 2.45) is 11.8 Å². The summed E-state index contributed by atoms with van der Waals surface area (Å²) in [6.07, 6.45) is 1.39. The van der Waals surface area contributed by atoms with Crippen molar-refractivity contribution in [3.8, 4) is 0 Å². The summed E-state index contributed by atoms with van der Waals surface area (Å²) >= 11 is 0. The van der Waals surface area contributed by atoms with Gasteiger partial charge in [-0.1, -0.05) is 42.5 Å². The van der Waals surface area contributed by atoms with E-state index in [0.29, 0.717) is 32.6 Å². The summed E-state index contributed by atoms with van der Waals surface area (Å²) in [5.41, 5.74) is 2.13. The molecule has 0 unspecified atom stereocenters. The Hall–Kier alpha value is -2.73. The lowest BCUT2D eigenvalue weighted by molar-refractivity contribution is -0.132. The van der Waals surface area contributed by atoms with Crippen molar-refractivity contribution in [3.63, 3.8) is 0 Å². The zero-order valence-corrected chi connectivity index (χ0v) is 15.8. The number of hydrogen-bond acceptors (Lipinski definition) is 3. The highest BCUT2D eigenvalue weighted by atomic mass is 19.1. The van der Waals surface area contributed by atoms with Crippen LogP contribution in [-0.2, 0) is 22.4 Å². The van der Waals surface area contributed by atoms with E-state index < -0.39 is 0 Å². The summed E-state index contributed by atoms with van der Waals surface area (Å²) in [4.78, 5) is 25.0. The van der Waals surface area contributed by atoms with Crippen LogP contribution in [-0.4, -0.2) is 38.0 Å². The lowest BCUT2D eigenvalue weighted by Gasteiger charge is -2.18. The summed E-state index contributed by atoms with van der Waals surface area (Å²) in [5.74, 6) is -1.20. The zero-order valence-electron chi connectivity index (χ0n) is 15.8. The maximum absolute atomic E-state index is 12.9. The summed E-state index contributed by atoms with van der Waals surface area (Å²) in [6, 6.07) is 16.2. The van der Waals surface area contributed by atoms with Crippen molar-refractivity contribution >= 4 is 11.8 Å². The third-order valence-electron chi connectivity index (χ3n) is 5.07. The van der Waals surface area contributed by atoms with Gasteiger partial charge >= 0.3 is 0 Å². The van der Waals surface area contributed by atoms with Crippen LogP contribution in [0.25, 0.3) is 0 Å². The van der Waals surface area contributed by atoms with E-state index in [2.05, 4.69) is 16.0 Å². The van der Waals surface area contributed by atoms with Crippen LogP contribution >= 0.6 is 0 Å². The van der Waals surface area contributed by atoms with Crippen LogP contribution in [0.4, 0.5) is 4.39 Å². The molecule has 28 heavy (non-hydrogen) atoms. The monoisotopic (exact) mass is 383 g/mol. The molecule has 1 aliphatic rings. The molecular formula is C22H26FN3O2. The predicted octanol–water partition coefficient (Wildman–Crippen LogP) is 1.68. The molecule has 1 saturated heterocycles. The van der Waals surface area contributed by atoms with Crippen LogP contribution in [0.15, 0.2) is 54.6 Å². The Labute approximate surface area is 164 Å². The number of amides is 2. The normalized spacial score (nSPS) is 18.6. The van der Waals surface area contributed by atoms with Gasteiger partial charge in [-0.3, -0.25) is 9.59 Å². The second-order valence-corrected chi connectivity index (χ2v) is 7.07. The summed E-state index contributed by atoms with van der Waals surface area (Å²) in [6.45, 7) is 2.02. The molecule has 2 aromatic carbocycles. The molecule has 2 amide bonds. The molecule has 1 aliphatic heterocycles. The molecule has 5 nitrogen and oxygen atoms in total. The largest absolute Gasteiger partial charge is 0.355 e. The quantitative estimate of drug-likeness (QED) is 0.650. The minimum Gasteiger partial charge on any atom is -0.355 e. The maximum atomic E-state index is 12.9. The number of halogens is 1. The van der Waals surface area contributed by atoms with Gasteiger partial charge in [0, 0.05) is 26.2 Å². The molecule has 0 saturated carbocycles. The van der Waals surface area contributed by atoms with Crippen molar-refractivity contribution in [1.82, 2.24) is 16.0 Å². The Morgan fingerprint density at radius 1 is 0.821 bits per heavy atom. The molecule has 0 aromatic heterocycles. The van der Waals surface area contributed by atoms with E-state index in [4.69, 9.17) is 0 Å². The molecule has 1 heterocycles. The van der Waals surface area contributed by atoms with Crippen LogP contribution in [0.5, 0.6) is 0 Å². The average Bonchev–Trinajstić information content (AvgIpc) is 3.20. The molecule has 2 aromatic rings. The molecule has 148 valence electrons. The van der Waals surface area contributed by atoms with Crippen molar-refractivity contribution in [2.45, 2.75) is 12.8 Å². The standard InChI is InChI=1S/C22H26FN3O2/c23-18-8-6-17(7-9-18)11-13-26-22(28)20-15-24-14-19(20)21(27)25-12-10-16-4-2-1-3-5-16/h1-9,19-20,24H,10-15H2,(H,25,27)(H,26,28)/t19-,20-/m0/s1. The molecule has 0 radical (unpaired) electrons. The minimum absolute atomic E-state index is 0.0837. The van der Waals surface area contributed by atoms with E-state index >= 15 is 0 Å². The smallest absolute Gasteiger partial charge is 0.225 e. The third-order valence-corrected chi connectivity index (χ3v) is 5.07. The summed E-state index contributed by atoms with van der Waals surface area (Å²) < 4.78 is 12.9. The Bertz CT molecular complexity index is 780. The van der Waals surface area contributed by atoms with Crippen LogP contribution in [0.3, 0.4) is 0 Å². The van der Waals surface area contributed by atoms with Crippen molar-refractivity contribution < 1.29 is 14.0 Å². The molecule has 0 aliphatic carbocycles. The van der Waals surface area contributed by atoms with Gasteiger partial charge in [-0.05, 0) is 36.1 Å². The second-order valence-electron chi connectivity index (χ2n) is 7.07. The van der Waals surface area contributed by atoms with Crippen LogP contribution in [0.2, 0.25) is 0 Å². The summed E-state index contributed by atoms with van der Waals surface area (Å²) in [5, 5.41) is 9.00. The molecule has 1 fully saturated rings. The fraction of sp³-hybridized carbons (Fsp3) is 0.364. The number of hydrogen-bond donors (Lipinski definition) is 3. The van der Waals surface area contributed by atoms with E-state index in [9.17, 15) is 14.0 Å². The number of nitrogens with one attached hydrogen (secondary N) is 3. The molecule has 3 N–H and O–H groups in total. The Balaban J connectivity index is 1.42. The fourth-order valence-electron chi connectivity index (χ4n) is 3.45. The lowest BCUT2D eigenvalue weighted by atomic mass is 9.94. The second kappa shape index (κ2) is 9.99. The van der Waals surface area contributed by atoms with E-state index in [1.807, 2.05) is 30.3 Å². The number of benzene rings is 2. The van der Waals surface area contributed by atoms with Gasteiger partial charge < -0.3 is 16.0 Å². The van der Waals surface area contributed by atoms with Gasteiger partial charge in [0.25, 0.3) is 0 Å². The van der Waals surface area contributed by atoms with Crippen molar-refractivity contribution in [2.75, 3.05) is 26.2 Å². The molecule has 0 bridgehead atoms. The van der Waals surface area contributed by atoms with Gasteiger partial charge in [0.2, 0.25) is 11.8 Å². The first-order valence-corrected chi connectivity index (χ1v) is 9.68. The highest BCUT2D eigenvalue weighted by Gasteiger charge is 2.37. The van der Waals surface area contributed by atoms with Crippen LogP contribution in [0.1, 0.15) is 11.1 Å². The van der Waals surface area contributed by atoms with E-state index in [0.717, 1.165) is 12.0 Å². The first-order chi connectivity index (χ1) is 13.6. The van der Waals surface area contributed by atoms with Gasteiger partial charge in [0.1, 0.15) is 5.82 Å². The molecule has 0 spiro atoms. The van der Waals surface area contributed by atoms with Gasteiger partial charge in [-0.15, -0.1) is 0 Å². The van der Waals surface area contributed by atoms with Crippen LogP contribution in [0, 0.1) is 17.7 Å². The van der Waals surface area contributed by atoms with E-state index in [-0.39, 0.29) is 29.5 Å². The number of carbonyl (C=O) groups excluding carboxylic acids is 2. The van der Waals surface area contributed by atoms with Crippen molar-refractivity contribution in [1.29, 1.82) is 0 Å². The first-order valence-electron chi connectivity index (χ1n) is 9.68. The average molecular weight is 383 g/mol. The zero-order chi connectivity index (χ0) is 19.8. The molecular weight excluding hydrogens is 357 g/mol. The topological polar surface area (TPSA) is 70.2 Å². The van der Waals surface area contributed by atoms with E-state index in [1.54, 1.807) is 12.1 Å². The highest BCUT2D eigenvalue weighted by molar-refractivity contribution is 5.88. The maximum Gasteiger partial charge on any atom is 0.225 e. The molecule has 2 atom stereocenters. The Morgan fingerprint density at radius 2 is 1.32 bits per heavy atom. The van der Waals surface area contributed by atoms with Gasteiger partial charge in [-0.25, -0.2) is 4.39 Å². The first kappa shape index (κ1) is 20.0.